The second-order valence-corrected chi connectivity index (χ2v) is 4.33. The molecule has 0 amide bonds. The van der Waals surface area contributed by atoms with E-state index in [1.807, 2.05) is 0 Å². The summed E-state index contributed by atoms with van der Waals surface area (Å²) in [6.45, 7) is 1.73. The minimum absolute atomic E-state index is 0.0146. The molecule has 7 heteroatoms. The van der Waals surface area contributed by atoms with Crippen LogP contribution in [0.25, 0.3) is 0 Å². The van der Waals surface area contributed by atoms with Crippen LogP contribution in [-0.4, -0.2) is 21.2 Å². The number of aromatic nitrogens is 3. The second-order valence-electron chi connectivity index (χ2n) is 3.92. The van der Waals surface area contributed by atoms with Crippen molar-refractivity contribution in [2.75, 3.05) is 0 Å². The molecule has 5 nitrogen and oxygen atoms in total. The maximum absolute atomic E-state index is 13.2. The number of ether oxygens (including phenoxy) is 1. The van der Waals surface area contributed by atoms with Gasteiger partial charge in [0, 0.05) is 0 Å². The summed E-state index contributed by atoms with van der Waals surface area (Å²) in [5, 5.41) is 6.49. The molecule has 2 aromatic rings. The average molecular weight is 284 g/mol. The lowest BCUT2D eigenvalue weighted by atomic mass is 10.1. The molecule has 0 saturated carbocycles. The van der Waals surface area contributed by atoms with Gasteiger partial charge in [0.15, 0.2) is 12.4 Å². The van der Waals surface area contributed by atoms with Gasteiger partial charge in [-0.25, -0.2) is 9.37 Å². The number of rotatable bonds is 4. The van der Waals surface area contributed by atoms with Gasteiger partial charge in [-0.3, -0.25) is 9.89 Å². The van der Waals surface area contributed by atoms with Crippen LogP contribution >= 0.6 is 11.6 Å². The van der Waals surface area contributed by atoms with Crippen LogP contribution in [0.4, 0.5) is 4.39 Å². The summed E-state index contributed by atoms with van der Waals surface area (Å²) in [5.74, 6) is -0.000284. The first kappa shape index (κ1) is 13.5. The summed E-state index contributed by atoms with van der Waals surface area (Å²) in [4.78, 5) is 15.5. The smallest absolute Gasteiger partial charge is 0.310 e. The fourth-order valence-electron chi connectivity index (χ4n) is 1.47. The lowest BCUT2D eigenvalue weighted by Gasteiger charge is -2.03. The van der Waals surface area contributed by atoms with Crippen LogP contribution in [0, 0.1) is 12.7 Å². The number of aryl methyl sites for hydroxylation is 1. The number of carbonyl (C=O) groups is 1. The molecule has 0 aliphatic carbocycles. The van der Waals surface area contributed by atoms with E-state index < -0.39 is 11.8 Å². The molecule has 0 aliphatic heterocycles. The molecule has 0 spiro atoms. The molecule has 0 fully saturated rings. The number of benzene rings is 1. The zero-order chi connectivity index (χ0) is 13.8. The Labute approximate surface area is 113 Å². The third kappa shape index (κ3) is 3.75. The van der Waals surface area contributed by atoms with Crippen molar-refractivity contribution < 1.29 is 13.9 Å². The fraction of sp³-hybridized carbons (Fsp3) is 0.250. The van der Waals surface area contributed by atoms with Gasteiger partial charge in [-0.2, -0.15) is 5.10 Å². The molecule has 0 aliphatic rings. The lowest BCUT2D eigenvalue weighted by molar-refractivity contribution is -0.144. The number of hydrogen-bond acceptors (Lipinski definition) is 4. The SMILES string of the molecule is Cc1nc(COC(=O)Cc2ccc(Cl)c(F)c2)n[nH]1. The molecule has 1 heterocycles. The number of H-pyrrole nitrogens is 1. The summed E-state index contributed by atoms with van der Waals surface area (Å²) in [6.07, 6.45) is -0.0303. The average Bonchev–Trinajstić information content (AvgIpc) is 2.77. The Morgan fingerprint density at radius 2 is 2.32 bits per heavy atom. The highest BCUT2D eigenvalue weighted by Gasteiger charge is 2.09. The topological polar surface area (TPSA) is 67.9 Å². The third-order valence-electron chi connectivity index (χ3n) is 2.34. The molecular weight excluding hydrogens is 273 g/mol. The molecular formula is C12H11ClFN3O2. The quantitative estimate of drug-likeness (QED) is 0.874. The Morgan fingerprint density at radius 3 is 2.95 bits per heavy atom. The van der Waals surface area contributed by atoms with Crippen molar-refractivity contribution >= 4 is 17.6 Å². The molecule has 0 unspecified atom stereocenters. The highest BCUT2D eigenvalue weighted by molar-refractivity contribution is 6.30. The van der Waals surface area contributed by atoms with Crippen LogP contribution in [0.5, 0.6) is 0 Å². The summed E-state index contributed by atoms with van der Waals surface area (Å²) in [7, 11) is 0. The normalized spacial score (nSPS) is 10.5. The van der Waals surface area contributed by atoms with E-state index in [4.69, 9.17) is 16.3 Å². The predicted octanol–water partition coefficient (Wildman–Crippen LogP) is 2.19. The predicted molar refractivity (Wildman–Crippen MR) is 66.0 cm³/mol. The van der Waals surface area contributed by atoms with Gasteiger partial charge in [0.1, 0.15) is 11.6 Å². The number of esters is 1. The number of nitrogens with zero attached hydrogens (tertiary/aromatic N) is 2. The molecule has 2 rings (SSSR count). The maximum Gasteiger partial charge on any atom is 0.310 e. The summed E-state index contributed by atoms with van der Waals surface area (Å²) >= 11 is 5.55. The number of aromatic amines is 1. The van der Waals surface area contributed by atoms with E-state index in [9.17, 15) is 9.18 Å². The molecule has 1 N–H and O–H groups in total. The van der Waals surface area contributed by atoms with Crippen LogP contribution in [0.1, 0.15) is 17.2 Å². The van der Waals surface area contributed by atoms with E-state index in [1.54, 1.807) is 13.0 Å². The molecule has 0 atom stereocenters. The summed E-state index contributed by atoms with van der Waals surface area (Å²) in [6, 6.07) is 4.18. The van der Waals surface area contributed by atoms with E-state index >= 15 is 0 Å². The van der Waals surface area contributed by atoms with Crippen molar-refractivity contribution in [3.63, 3.8) is 0 Å². The third-order valence-corrected chi connectivity index (χ3v) is 2.64. The van der Waals surface area contributed by atoms with Crippen molar-refractivity contribution in [3.05, 3.63) is 46.3 Å². The van der Waals surface area contributed by atoms with Crippen molar-refractivity contribution in [2.24, 2.45) is 0 Å². The minimum Gasteiger partial charge on any atom is -0.457 e. The van der Waals surface area contributed by atoms with E-state index in [0.717, 1.165) is 0 Å². The summed E-state index contributed by atoms with van der Waals surface area (Å²) in [5.41, 5.74) is 0.498. The molecule has 1 aromatic carbocycles. The largest absolute Gasteiger partial charge is 0.457 e. The molecule has 0 radical (unpaired) electrons. The monoisotopic (exact) mass is 283 g/mol. The fourth-order valence-corrected chi connectivity index (χ4v) is 1.58. The number of hydrogen-bond donors (Lipinski definition) is 1. The van der Waals surface area contributed by atoms with E-state index in [1.165, 1.54) is 12.1 Å². The first-order valence-electron chi connectivity index (χ1n) is 5.52. The van der Waals surface area contributed by atoms with Crippen molar-refractivity contribution in [2.45, 2.75) is 20.0 Å². The lowest BCUT2D eigenvalue weighted by Crippen LogP contribution is -2.09. The Bertz CT molecular complexity index is 600. The van der Waals surface area contributed by atoms with E-state index in [-0.39, 0.29) is 18.1 Å². The number of halogens is 2. The Morgan fingerprint density at radius 1 is 1.53 bits per heavy atom. The van der Waals surface area contributed by atoms with Crippen LogP contribution in [0.15, 0.2) is 18.2 Å². The molecule has 0 saturated heterocycles. The van der Waals surface area contributed by atoms with Gasteiger partial charge in [0.05, 0.1) is 11.4 Å². The first-order chi connectivity index (χ1) is 9.04. The molecule has 1 aromatic heterocycles. The van der Waals surface area contributed by atoms with E-state index in [0.29, 0.717) is 17.2 Å². The Kier molecular flexibility index (Phi) is 4.11. The van der Waals surface area contributed by atoms with Gasteiger partial charge < -0.3 is 4.74 Å². The molecule has 0 bridgehead atoms. The van der Waals surface area contributed by atoms with E-state index in [2.05, 4.69) is 15.2 Å². The second kappa shape index (κ2) is 5.79. The molecule has 100 valence electrons. The van der Waals surface area contributed by atoms with Gasteiger partial charge in [0.2, 0.25) is 0 Å². The van der Waals surface area contributed by atoms with Gasteiger partial charge >= 0.3 is 5.97 Å². The van der Waals surface area contributed by atoms with Crippen LogP contribution in [0.2, 0.25) is 5.02 Å². The van der Waals surface area contributed by atoms with Gasteiger partial charge in [-0.15, -0.1) is 0 Å². The standard InChI is InChI=1S/C12H11ClFN3O2/c1-7-15-11(17-16-7)6-19-12(18)5-8-2-3-9(13)10(14)4-8/h2-4H,5-6H2,1H3,(H,15,16,17). The highest BCUT2D eigenvalue weighted by Crippen LogP contribution is 2.16. The van der Waals surface area contributed by atoms with Gasteiger partial charge in [-0.1, -0.05) is 17.7 Å². The van der Waals surface area contributed by atoms with Crippen LogP contribution < -0.4 is 0 Å². The zero-order valence-corrected chi connectivity index (χ0v) is 10.9. The molecule has 19 heavy (non-hydrogen) atoms. The minimum atomic E-state index is -0.559. The van der Waals surface area contributed by atoms with Gasteiger partial charge in [0.25, 0.3) is 0 Å². The Balaban J connectivity index is 1.88. The van der Waals surface area contributed by atoms with Crippen LogP contribution in [0.3, 0.4) is 0 Å². The highest BCUT2D eigenvalue weighted by atomic mass is 35.5. The van der Waals surface area contributed by atoms with Crippen molar-refractivity contribution in [1.82, 2.24) is 15.2 Å². The first-order valence-corrected chi connectivity index (χ1v) is 5.90. The number of nitrogens with one attached hydrogen (secondary N) is 1. The number of carbonyl (C=O) groups excluding carboxylic acids is 1. The van der Waals surface area contributed by atoms with Gasteiger partial charge in [-0.05, 0) is 24.6 Å². The Hall–Kier alpha value is -1.95. The van der Waals surface area contributed by atoms with Crippen molar-refractivity contribution in [1.29, 1.82) is 0 Å². The van der Waals surface area contributed by atoms with Crippen LogP contribution in [-0.2, 0) is 22.6 Å². The zero-order valence-electron chi connectivity index (χ0n) is 10.1. The maximum atomic E-state index is 13.2. The van der Waals surface area contributed by atoms with Crippen molar-refractivity contribution in [3.8, 4) is 0 Å². The summed E-state index contributed by atoms with van der Waals surface area (Å²) < 4.78 is 18.2.